The number of phenolic OH excluding ortho intramolecular Hbond substituents is 1. The first-order valence-corrected chi connectivity index (χ1v) is 8.95. The highest BCUT2D eigenvalue weighted by Gasteiger charge is 2.24. The van der Waals surface area contributed by atoms with Crippen molar-refractivity contribution < 1.29 is 19.4 Å². The molecule has 1 amide bonds. The van der Waals surface area contributed by atoms with Crippen molar-refractivity contribution in [3.63, 3.8) is 0 Å². The molecule has 1 unspecified atom stereocenters. The standard InChI is InChI=1S/C19H19NO4S/c1-13-10-11-20(16-4-2-3-5-17(16)25-13)18(22)12-24-19(23)14-6-8-15(21)9-7-14/h2-9,13,21H,10-12H2,1H3. The number of phenols is 1. The third-order valence-electron chi connectivity index (χ3n) is 3.97. The Hall–Kier alpha value is -2.47. The van der Waals surface area contributed by atoms with Crippen LogP contribution in [0.15, 0.2) is 53.4 Å². The second-order valence-corrected chi connectivity index (χ2v) is 7.33. The van der Waals surface area contributed by atoms with E-state index < -0.39 is 5.97 Å². The lowest BCUT2D eigenvalue weighted by atomic mass is 10.2. The maximum Gasteiger partial charge on any atom is 0.338 e. The van der Waals surface area contributed by atoms with Gasteiger partial charge < -0.3 is 14.7 Å². The fourth-order valence-electron chi connectivity index (χ4n) is 2.63. The molecule has 0 fully saturated rings. The van der Waals surface area contributed by atoms with Crippen LogP contribution in [0.3, 0.4) is 0 Å². The summed E-state index contributed by atoms with van der Waals surface area (Å²) in [5, 5.41) is 9.67. The smallest absolute Gasteiger partial charge is 0.338 e. The van der Waals surface area contributed by atoms with Crippen molar-refractivity contribution in [3.05, 3.63) is 54.1 Å². The molecule has 0 spiro atoms. The van der Waals surface area contributed by atoms with Gasteiger partial charge in [0.25, 0.3) is 5.91 Å². The van der Waals surface area contributed by atoms with Crippen molar-refractivity contribution in [2.45, 2.75) is 23.5 Å². The van der Waals surface area contributed by atoms with Crippen LogP contribution in [0.2, 0.25) is 0 Å². The normalized spacial score (nSPS) is 16.7. The zero-order valence-corrected chi connectivity index (χ0v) is 14.7. The number of rotatable bonds is 3. The average molecular weight is 357 g/mol. The van der Waals surface area contributed by atoms with Crippen molar-refractivity contribution in [3.8, 4) is 5.75 Å². The van der Waals surface area contributed by atoms with Crippen molar-refractivity contribution in [2.24, 2.45) is 0 Å². The van der Waals surface area contributed by atoms with E-state index in [9.17, 15) is 14.7 Å². The molecular weight excluding hydrogens is 338 g/mol. The SMILES string of the molecule is CC1CCN(C(=O)COC(=O)c2ccc(O)cc2)c2ccccc2S1. The number of hydrogen-bond acceptors (Lipinski definition) is 5. The van der Waals surface area contributed by atoms with Crippen molar-refractivity contribution in [1.29, 1.82) is 0 Å². The molecule has 2 aromatic carbocycles. The molecule has 0 bridgehead atoms. The summed E-state index contributed by atoms with van der Waals surface area (Å²) >= 11 is 1.75. The molecule has 130 valence electrons. The Balaban J connectivity index is 1.68. The van der Waals surface area contributed by atoms with Crippen LogP contribution in [0.1, 0.15) is 23.7 Å². The number of carbonyl (C=O) groups is 2. The second-order valence-electron chi connectivity index (χ2n) is 5.85. The molecule has 0 radical (unpaired) electrons. The number of aromatic hydroxyl groups is 1. The summed E-state index contributed by atoms with van der Waals surface area (Å²) in [7, 11) is 0. The van der Waals surface area contributed by atoms with Crippen LogP contribution < -0.4 is 4.90 Å². The van der Waals surface area contributed by atoms with Crippen molar-refractivity contribution in [2.75, 3.05) is 18.1 Å². The van der Waals surface area contributed by atoms with Crippen LogP contribution in [0.5, 0.6) is 5.75 Å². The van der Waals surface area contributed by atoms with Gasteiger partial charge in [0.1, 0.15) is 5.75 Å². The van der Waals surface area contributed by atoms with Gasteiger partial charge in [-0.3, -0.25) is 4.79 Å². The minimum atomic E-state index is -0.584. The van der Waals surface area contributed by atoms with Crippen molar-refractivity contribution >= 4 is 29.3 Å². The van der Waals surface area contributed by atoms with Crippen molar-refractivity contribution in [1.82, 2.24) is 0 Å². The van der Waals surface area contributed by atoms with E-state index in [0.717, 1.165) is 17.0 Å². The molecule has 0 aromatic heterocycles. The Morgan fingerprint density at radius 2 is 1.92 bits per heavy atom. The molecule has 5 nitrogen and oxygen atoms in total. The molecule has 1 aliphatic heterocycles. The van der Waals surface area contributed by atoms with E-state index in [0.29, 0.717) is 17.4 Å². The summed E-state index contributed by atoms with van der Waals surface area (Å²) in [6.45, 7) is 2.42. The number of benzene rings is 2. The number of hydrogen-bond donors (Lipinski definition) is 1. The molecule has 2 aromatic rings. The summed E-state index contributed by atoms with van der Waals surface area (Å²) in [4.78, 5) is 27.4. The summed E-state index contributed by atoms with van der Waals surface area (Å²) in [6, 6.07) is 13.5. The van der Waals surface area contributed by atoms with E-state index in [1.54, 1.807) is 16.7 Å². The summed E-state index contributed by atoms with van der Waals surface area (Å²) in [5.41, 5.74) is 1.16. The molecule has 6 heteroatoms. The van der Waals surface area contributed by atoms with E-state index in [1.165, 1.54) is 24.3 Å². The van der Waals surface area contributed by atoms with E-state index in [-0.39, 0.29) is 18.3 Å². The van der Waals surface area contributed by atoms with Gasteiger partial charge in [0, 0.05) is 16.7 Å². The van der Waals surface area contributed by atoms with Gasteiger partial charge in [-0.15, -0.1) is 11.8 Å². The fourth-order valence-corrected chi connectivity index (χ4v) is 3.74. The Morgan fingerprint density at radius 3 is 2.68 bits per heavy atom. The Morgan fingerprint density at radius 1 is 1.20 bits per heavy atom. The Bertz CT molecular complexity index is 775. The number of fused-ring (bicyclic) bond motifs is 1. The van der Waals surface area contributed by atoms with E-state index in [4.69, 9.17) is 4.74 Å². The monoisotopic (exact) mass is 357 g/mol. The minimum absolute atomic E-state index is 0.0698. The highest BCUT2D eigenvalue weighted by molar-refractivity contribution is 8.00. The van der Waals surface area contributed by atoms with Gasteiger partial charge in [-0.2, -0.15) is 0 Å². The predicted molar refractivity (Wildman–Crippen MR) is 97.1 cm³/mol. The number of esters is 1. The van der Waals surface area contributed by atoms with E-state index >= 15 is 0 Å². The van der Waals surface area contributed by atoms with Gasteiger partial charge in [0.05, 0.1) is 11.3 Å². The first kappa shape index (κ1) is 17.4. The van der Waals surface area contributed by atoms with Crippen LogP contribution >= 0.6 is 11.8 Å². The molecule has 0 aliphatic carbocycles. The summed E-state index contributed by atoms with van der Waals surface area (Å²) in [5.74, 6) is -0.756. The maximum atomic E-state index is 12.6. The zero-order valence-electron chi connectivity index (χ0n) is 13.8. The predicted octanol–water partition coefficient (Wildman–Crippen LogP) is 3.47. The highest BCUT2D eigenvalue weighted by Crippen LogP contribution is 2.37. The number of para-hydroxylation sites is 1. The summed E-state index contributed by atoms with van der Waals surface area (Å²) < 4.78 is 5.15. The molecule has 1 heterocycles. The number of amides is 1. The van der Waals surface area contributed by atoms with Crippen LogP contribution in [0.25, 0.3) is 0 Å². The van der Waals surface area contributed by atoms with Gasteiger partial charge in [-0.1, -0.05) is 19.1 Å². The Kier molecular flexibility index (Phi) is 5.28. The van der Waals surface area contributed by atoms with E-state index in [1.807, 2.05) is 24.3 Å². The van der Waals surface area contributed by atoms with Gasteiger partial charge >= 0.3 is 5.97 Å². The average Bonchev–Trinajstić information content (AvgIpc) is 2.78. The molecule has 1 atom stereocenters. The molecule has 25 heavy (non-hydrogen) atoms. The van der Waals surface area contributed by atoms with Crippen LogP contribution in [0.4, 0.5) is 5.69 Å². The van der Waals surface area contributed by atoms with Crippen LogP contribution in [0, 0.1) is 0 Å². The van der Waals surface area contributed by atoms with Gasteiger partial charge in [-0.05, 0) is 42.8 Å². The number of thioether (sulfide) groups is 1. The summed E-state index contributed by atoms with van der Waals surface area (Å²) in [6.07, 6.45) is 0.872. The van der Waals surface area contributed by atoms with Crippen LogP contribution in [-0.4, -0.2) is 35.4 Å². The lowest BCUT2D eigenvalue weighted by molar-refractivity contribution is -0.121. The third kappa shape index (κ3) is 4.14. The zero-order chi connectivity index (χ0) is 17.8. The number of nitrogens with zero attached hydrogens (tertiary/aromatic N) is 1. The first-order chi connectivity index (χ1) is 12.0. The highest BCUT2D eigenvalue weighted by atomic mass is 32.2. The largest absolute Gasteiger partial charge is 0.508 e. The molecule has 0 saturated heterocycles. The third-order valence-corrected chi connectivity index (χ3v) is 5.21. The molecule has 3 rings (SSSR count). The second kappa shape index (κ2) is 7.61. The van der Waals surface area contributed by atoms with Gasteiger partial charge in [-0.25, -0.2) is 4.79 Å². The number of anilines is 1. The van der Waals surface area contributed by atoms with E-state index in [2.05, 4.69) is 6.92 Å². The Labute approximate surface area is 150 Å². The lowest BCUT2D eigenvalue weighted by Crippen LogP contribution is -2.35. The van der Waals surface area contributed by atoms with Gasteiger partial charge in [0.15, 0.2) is 6.61 Å². The molecule has 1 N–H and O–H groups in total. The lowest BCUT2D eigenvalue weighted by Gasteiger charge is -2.22. The molecule has 1 aliphatic rings. The fraction of sp³-hybridized carbons (Fsp3) is 0.263. The molecule has 0 saturated carbocycles. The quantitative estimate of drug-likeness (QED) is 0.852. The molecular formula is C19H19NO4S. The van der Waals surface area contributed by atoms with Gasteiger partial charge in [0.2, 0.25) is 0 Å². The number of carbonyl (C=O) groups excluding carboxylic acids is 2. The number of ether oxygens (including phenoxy) is 1. The first-order valence-electron chi connectivity index (χ1n) is 8.07. The van der Waals surface area contributed by atoms with Crippen LogP contribution in [-0.2, 0) is 9.53 Å². The minimum Gasteiger partial charge on any atom is -0.508 e. The topological polar surface area (TPSA) is 66.8 Å². The maximum absolute atomic E-state index is 12.6.